The number of benzene rings is 1. The molecule has 1 fully saturated rings. The zero-order chi connectivity index (χ0) is 11.5. The smallest absolute Gasteiger partial charge is 0.166 e. The monoisotopic (exact) mass is 282 g/mol. The maximum absolute atomic E-state index is 12.2. The molecule has 0 atom stereocenters. The Kier molecular flexibility index (Phi) is 3.64. The Morgan fingerprint density at radius 3 is 2.69 bits per heavy atom. The van der Waals surface area contributed by atoms with E-state index in [1.165, 1.54) is 12.8 Å². The van der Waals surface area contributed by atoms with Crippen LogP contribution in [0.5, 0.6) is 5.75 Å². The first kappa shape index (κ1) is 11.6. The molecule has 86 valence electrons. The third-order valence-corrected chi connectivity index (χ3v) is 3.82. The topological polar surface area (TPSA) is 26.3 Å². The minimum absolute atomic E-state index is 0.228. The Balaban J connectivity index is 2.22. The highest BCUT2D eigenvalue weighted by molar-refractivity contribution is 9.10. The van der Waals surface area contributed by atoms with Crippen molar-refractivity contribution in [1.82, 2.24) is 0 Å². The average molecular weight is 283 g/mol. The van der Waals surface area contributed by atoms with Crippen molar-refractivity contribution in [3.05, 3.63) is 28.2 Å². The van der Waals surface area contributed by atoms with Crippen molar-refractivity contribution >= 4 is 21.7 Å². The number of ether oxygens (including phenoxy) is 1. The predicted octanol–water partition coefficient (Wildman–Crippen LogP) is 3.83. The van der Waals surface area contributed by atoms with Gasteiger partial charge in [-0.05, 0) is 40.9 Å². The summed E-state index contributed by atoms with van der Waals surface area (Å²) < 4.78 is 6.09. The second kappa shape index (κ2) is 5.00. The maximum atomic E-state index is 12.2. The molecule has 0 aromatic heterocycles. The summed E-state index contributed by atoms with van der Waals surface area (Å²) in [6.07, 6.45) is 4.45. The molecule has 0 aliphatic heterocycles. The summed E-state index contributed by atoms with van der Waals surface area (Å²) in [6, 6.07) is 5.57. The summed E-state index contributed by atoms with van der Waals surface area (Å²) in [4.78, 5) is 12.2. The molecule has 0 radical (unpaired) electrons. The Hall–Kier alpha value is -0.830. The van der Waals surface area contributed by atoms with Crippen molar-refractivity contribution in [2.45, 2.75) is 25.7 Å². The number of ketones is 1. The Labute approximate surface area is 104 Å². The lowest BCUT2D eigenvalue weighted by Crippen LogP contribution is -2.11. The van der Waals surface area contributed by atoms with E-state index < -0.39 is 0 Å². The summed E-state index contributed by atoms with van der Waals surface area (Å²) in [7, 11) is 1.61. The molecule has 2 nitrogen and oxygen atoms in total. The first-order valence-electron chi connectivity index (χ1n) is 5.60. The molecular weight excluding hydrogens is 268 g/mol. The average Bonchev–Trinajstić information content (AvgIpc) is 2.82. The van der Waals surface area contributed by atoms with Crippen LogP contribution >= 0.6 is 15.9 Å². The van der Waals surface area contributed by atoms with Gasteiger partial charge in [-0.2, -0.15) is 0 Å². The molecule has 0 saturated heterocycles. The van der Waals surface area contributed by atoms with E-state index in [4.69, 9.17) is 4.74 Å². The van der Waals surface area contributed by atoms with Crippen LogP contribution in [0.15, 0.2) is 22.7 Å². The van der Waals surface area contributed by atoms with Crippen LogP contribution in [-0.4, -0.2) is 12.9 Å². The fourth-order valence-electron chi connectivity index (χ4n) is 2.24. The van der Waals surface area contributed by atoms with Gasteiger partial charge in [0.25, 0.3) is 0 Å². The number of methoxy groups -OCH3 is 1. The van der Waals surface area contributed by atoms with Crippen molar-refractivity contribution in [2.24, 2.45) is 5.92 Å². The van der Waals surface area contributed by atoms with E-state index in [0.29, 0.717) is 0 Å². The maximum Gasteiger partial charge on any atom is 0.166 e. The molecule has 1 aromatic carbocycles. The van der Waals surface area contributed by atoms with Gasteiger partial charge in [0.15, 0.2) is 5.78 Å². The number of rotatable bonds is 3. The van der Waals surface area contributed by atoms with Gasteiger partial charge in [0.1, 0.15) is 5.75 Å². The molecule has 3 heteroatoms. The number of halogens is 1. The lowest BCUT2D eigenvalue weighted by molar-refractivity contribution is 0.0922. The van der Waals surface area contributed by atoms with Gasteiger partial charge in [-0.3, -0.25) is 4.79 Å². The van der Waals surface area contributed by atoms with Crippen molar-refractivity contribution in [1.29, 1.82) is 0 Å². The predicted molar refractivity (Wildman–Crippen MR) is 67.0 cm³/mol. The largest absolute Gasteiger partial charge is 0.496 e. The first-order chi connectivity index (χ1) is 7.72. The van der Waals surface area contributed by atoms with Crippen LogP contribution in [0.3, 0.4) is 0 Å². The Bertz CT molecular complexity index is 395. The normalized spacial score (nSPS) is 16.4. The molecule has 1 aliphatic rings. The van der Waals surface area contributed by atoms with Gasteiger partial charge in [0.05, 0.1) is 11.6 Å². The van der Waals surface area contributed by atoms with E-state index in [0.717, 1.165) is 28.6 Å². The minimum atomic E-state index is 0.228. The molecule has 0 unspecified atom stereocenters. The van der Waals surface area contributed by atoms with Gasteiger partial charge in [0.2, 0.25) is 0 Å². The number of hydrogen-bond donors (Lipinski definition) is 0. The van der Waals surface area contributed by atoms with Crippen LogP contribution in [0, 0.1) is 5.92 Å². The van der Waals surface area contributed by atoms with Crippen LogP contribution in [0.4, 0.5) is 0 Å². The van der Waals surface area contributed by atoms with Gasteiger partial charge in [-0.25, -0.2) is 0 Å². The summed E-state index contributed by atoms with van der Waals surface area (Å²) in [6.45, 7) is 0. The first-order valence-corrected chi connectivity index (χ1v) is 6.39. The van der Waals surface area contributed by atoms with Crippen LogP contribution in [0.1, 0.15) is 36.0 Å². The van der Waals surface area contributed by atoms with Crippen LogP contribution < -0.4 is 4.74 Å². The number of hydrogen-bond acceptors (Lipinski definition) is 2. The molecule has 2 rings (SSSR count). The van der Waals surface area contributed by atoms with E-state index in [-0.39, 0.29) is 11.7 Å². The lowest BCUT2D eigenvalue weighted by Gasteiger charge is -2.10. The minimum Gasteiger partial charge on any atom is -0.496 e. The fraction of sp³-hybridized carbons (Fsp3) is 0.462. The number of carbonyl (C=O) groups excluding carboxylic acids is 1. The fourth-order valence-corrected chi connectivity index (χ4v) is 2.65. The molecule has 0 bridgehead atoms. The molecule has 0 N–H and O–H groups in total. The summed E-state index contributed by atoms with van der Waals surface area (Å²) >= 11 is 3.39. The standard InChI is InChI=1S/C13H15BrO2/c1-16-12-8-10(6-7-11(12)14)13(15)9-4-2-3-5-9/h6-9H,2-5H2,1H3. The summed E-state index contributed by atoms with van der Waals surface area (Å²) in [5, 5.41) is 0. The molecule has 0 spiro atoms. The van der Waals surface area contributed by atoms with Crippen molar-refractivity contribution in [3.8, 4) is 5.75 Å². The molecule has 1 aromatic rings. The summed E-state index contributed by atoms with van der Waals surface area (Å²) in [5.74, 6) is 1.22. The molecule has 0 amide bonds. The summed E-state index contributed by atoms with van der Waals surface area (Å²) in [5.41, 5.74) is 0.770. The molecule has 1 saturated carbocycles. The van der Waals surface area contributed by atoms with Crippen molar-refractivity contribution in [3.63, 3.8) is 0 Å². The molecular formula is C13H15BrO2. The zero-order valence-corrected chi connectivity index (χ0v) is 10.9. The van der Waals surface area contributed by atoms with Crippen LogP contribution in [-0.2, 0) is 0 Å². The van der Waals surface area contributed by atoms with E-state index in [1.54, 1.807) is 7.11 Å². The van der Waals surface area contributed by atoms with Crippen LogP contribution in [0.25, 0.3) is 0 Å². The number of Topliss-reactive ketones (excluding diaryl/α,β-unsaturated/α-hetero) is 1. The third-order valence-electron chi connectivity index (χ3n) is 3.16. The highest BCUT2D eigenvalue weighted by Gasteiger charge is 2.24. The molecule has 16 heavy (non-hydrogen) atoms. The van der Waals surface area contributed by atoms with E-state index in [1.807, 2.05) is 18.2 Å². The second-order valence-corrected chi connectivity index (χ2v) is 5.05. The Morgan fingerprint density at radius 1 is 1.38 bits per heavy atom. The van der Waals surface area contributed by atoms with Crippen molar-refractivity contribution < 1.29 is 9.53 Å². The third kappa shape index (κ3) is 2.29. The molecule has 0 heterocycles. The lowest BCUT2D eigenvalue weighted by atomic mass is 9.96. The Morgan fingerprint density at radius 2 is 2.06 bits per heavy atom. The number of carbonyl (C=O) groups is 1. The van der Waals surface area contributed by atoms with E-state index >= 15 is 0 Å². The van der Waals surface area contributed by atoms with Gasteiger partial charge < -0.3 is 4.74 Å². The van der Waals surface area contributed by atoms with Gasteiger partial charge >= 0.3 is 0 Å². The SMILES string of the molecule is COc1cc(C(=O)C2CCCC2)ccc1Br. The second-order valence-electron chi connectivity index (χ2n) is 4.19. The molecule has 1 aliphatic carbocycles. The van der Waals surface area contributed by atoms with Gasteiger partial charge in [-0.15, -0.1) is 0 Å². The quantitative estimate of drug-likeness (QED) is 0.788. The zero-order valence-electron chi connectivity index (χ0n) is 9.33. The highest BCUT2D eigenvalue weighted by Crippen LogP contribution is 2.31. The van der Waals surface area contributed by atoms with E-state index in [9.17, 15) is 4.79 Å². The van der Waals surface area contributed by atoms with E-state index in [2.05, 4.69) is 15.9 Å². The highest BCUT2D eigenvalue weighted by atomic mass is 79.9. The van der Waals surface area contributed by atoms with Gasteiger partial charge in [-0.1, -0.05) is 18.9 Å². The van der Waals surface area contributed by atoms with Crippen molar-refractivity contribution in [2.75, 3.05) is 7.11 Å². The van der Waals surface area contributed by atoms with Gasteiger partial charge in [0, 0.05) is 11.5 Å². The van der Waals surface area contributed by atoms with Crippen LogP contribution in [0.2, 0.25) is 0 Å².